The van der Waals surface area contributed by atoms with Gasteiger partial charge < -0.3 is 25.4 Å². The molecule has 2 amide bonds. The highest BCUT2D eigenvalue weighted by Gasteiger charge is 2.62. The van der Waals surface area contributed by atoms with Crippen LogP contribution in [0.25, 0.3) is 0 Å². The molecule has 2 heterocycles. The van der Waals surface area contributed by atoms with Gasteiger partial charge in [0.15, 0.2) is 5.78 Å². The van der Waals surface area contributed by atoms with Crippen LogP contribution in [0.15, 0.2) is 65.1 Å². The number of nitrogens with zero attached hydrogens (tertiary/aromatic N) is 4. The molecule has 5 rings (SSSR count). The van der Waals surface area contributed by atoms with Crippen LogP contribution in [-0.4, -0.2) is 62.5 Å². The Morgan fingerprint density at radius 2 is 1.90 bits per heavy atom. The molecule has 11 heteroatoms. The molecule has 0 radical (unpaired) electrons. The van der Waals surface area contributed by atoms with E-state index in [4.69, 9.17) is 15.2 Å². The lowest BCUT2D eigenvalue weighted by Gasteiger charge is -2.45. The Bertz CT molecular complexity index is 1540. The number of methoxy groups -OCH3 is 2. The molecule has 1 atom stereocenters. The SMILES string of the molecule is COc1ccc(OC)c(NC(=O)CN2C(=O)[C@]3(C(C#N)=C(N)N(N(C)C)C4=C3C(=O)CCC4)c3ccccc32)c1. The molecular weight excluding hydrogens is 512 g/mol. The molecule has 2 aromatic rings. The number of amides is 2. The van der Waals surface area contributed by atoms with Gasteiger partial charge in [-0.3, -0.25) is 19.4 Å². The molecule has 3 aliphatic rings. The highest BCUT2D eigenvalue weighted by atomic mass is 16.5. The summed E-state index contributed by atoms with van der Waals surface area (Å²) in [6.07, 6.45) is 1.34. The summed E-state index contributed by atoms with van der Waals surface area (Å²) in [5.41, 5.74) is 6.90. The third-order valence-corrected chi connectivity index (χ3v) is 7.53. The first-order valence-corrected chi connectivity index (χ1v) is 12.8. The van der Waals surface area contributed by atoms with Gasteiger partial charge >= 0.3 is 0 Å². The fourth-order valence-corrected chi connectivity index (χ4v) is 5.97. The van der Waals surface area contributed by atoms with Gasteiger partial charge in [0.2, 0.25) is 11.8 Å². The Morgan fingerprint density at radius 1 is 1.15 bits per heavy atom. The first kappa shape index (κ1) is 26.8. The van der Waals surface area contributed by atoms with Crippen molar-refractivity contribution >= 4 is 29.0 Å². The van der Waals surface area contributed by atoms with E-state index in [0.29, 0.717) is 47.0 Å². The lowest BCUT2D eigenvalue weighted by atomic mass is 9.64. The number of para-hydroxylation sites is 1. The van der Waals surface area contributed by atoms with Gasteiger partial charge in [-0.1, -0.05) is 18.2 Å². The molecule has 40 heavy (non-hydrogen) atoms. The number of carbonyl (C=O) groups excluding carboxylic acids is 3. The van der Waals surface area contributed by atoms with Crippen molar-refractivity contribution in [2.75, 3.05) is 45.1 Å². The number of benzene rings is 2. The van der Waals surface area contributed by atoms with E-state index in [9.17, 15) is 19.6 Å². The fraction of sp³-hybridized carbons (Fsp3) is 0.310. The number of fused-ring (bicyclic) bond motifs is 3. The van der Waals surface area contributed by atoms with E-state index in [-0.39, 0.29) is 35.7 Å². The minimum Gasteiger partial charge on any atom is -0.497 e. The van der Waals surface area contributed by atoms with Crippen molar-refractivity contribution in [3.05, 3.63) is 70.7 Å². The van der Waals surface area contributed by atoms with Crippen LogP contribution in [0, 0.1) is 11.3 Å². The summed E-state index contributed by atoms with van der Waals surface area (Å²) in [6.45, 7) is -0.370. The van der Waals surface area contributed by atoms with E-state index in [1.54, 1.807) is 66.6 Å². The molecule has 1 spiro atoms. The minimum absolute atomic E-state index is 0.0370. The largest absolute Gasteiger partial charge is 0.497 e. The number of carbonyl (C=O) groups is 3. The molecule has 3 N–H and O–H groups in total. The lowest BCUT2D eigenvalue weighted by Crippen LogP contribution is -2.55. The lowest BCUT2D eigenvalue weighted by molar-refractivity contribution is -0.125. The number of nitrogens with two attached hydrogens (primary N) is 1. The molecule has 0 bridgehead atoms. The summed E-state index contributed by atoms with van der Waals surface area (Å²) in [5.74, 6) is -0.278. The molecule has 2 aromatic carbocycles. The third kappa shape index (κ3) is 3.79. The van der Waals surface area contributed by atoms with E-state index < -0.39 is 17.2 Å². The second-order valence-corrected chi connectivity index (χ2v) is 9.90. The Morgan fingerprint density at radius 3 is 2.58 bits per heavy atom. The molecule has 0 fully saturated rings. The molecule has 0 saturated carbocycles. The van der Waals surface area contributed by atoms with Gasteiger partial charge in [-0.25, -0.2) is 5.01 Å². The summed E-state index contributed by atoms with van der Waals surface area (Å²) in [4.78, 5) is 42.9. The standard InChI is InChI=1S/C29H30N6O5/c1-33(2)35-22-10-7-11-23(36)26(22)29(19(15-30)27(35)31)18-8-5-6-9-21(18)34(28(29)38)16-25(37)32-20-14-17(39-3)12-13-24(20)40-4/h5-6,8-9,12-14H,7,10-11,16,31H2,1-4H3,(H,32,37)/t29-/m0/s1. The van der Waals surface area contributed by atoms with Crippen molar-refractivity contribution in [1.29, 1.82) is 5.26 Å². The maximum Gasteiger partial charge on any atom is 0.248 e. The zero-order valence-electron chi connectivity index (χ0n) is 22.8. The smallest absolute Gasteiger partial charge is 0.248 e. The van der Waals surface area contributed by atoms with Gasteiger partial charge in [-0.05, 0) is 31.0 Å². The molecular formula is C29H30N6O5. The van der Waals surface area contributed by atoms with Gasteiger partial charge in [-0.2, -0.15) is 5.26 Å². The van der Waals surface area contributed by atoms with Crippen LogP contribution in [0.5, 0.6) is 11.5 Å². The first-order valence-electron chi connectivity index (χ1n) is 12.8. The first-order chi connectivity index (χ1) is 19.2. The van der Waals surface area contributed by atoms with Crippen molar-refractivity contribution in [3.63, 3.8) is 0 Å². The van der Waals surface area contributed by atoms with Crippen LogP contribution >= 0.6 is 0 Å². The summed E-state index contributed by atoms with van der Waals surface area (Å²) < 4.78 is 10.6. The molecule has 0 unspecified atom stereocenters. The number of allylic oxidation sites excluding steroid dienone is 1. The highest BCUT2D eigenvalue weighted by Crippen LogP contribution is 2.56. The highest BCUT2D eigenvalue weighted by molar-refractivity contribution is 6.21. The van der Waals surface area contributed by atoms with E-state index in [0.717, 1.165) is 0 Å². The average molecular weight is 543 g/mol. The fourth-order valence-electron chi connectivity index (χ4n) is 5.97. The summed E-state index contributed by atoms with van der Waals surface area (Å²) in [5, 5.41) is 16.6. The number of rotatable bonds is 6. The van der Waals surface area contributed by atoms with Crippen LogP contribution < -0.4 is 25.4 Å². The van der Waals surface area contributed by atoms with Crippen molar-refractivity contribution < 1.29 is 23.9 Å². The average Bonchev–Trinajstić information content (AvgIpc) is 3.16. The Balaban J connectivity index is 1.63. The zero-order valence-corrected chi connectivity index (χ0v) is 22.8. The van der Waals surface area contributed by atoms with Crippen LogP contribution in [-0.2, 0) is 19.8 Å². The second kappa shape index (κ2) is 10.1. The van der Waals surface area contributed by atoms with Crippen molar-refractivity contribution in [2.45, 2.75) is 24.7 Å². The van der Waals surface area contributed by atoms with Crippen LogP contribution in [0.3, 0.4) is 0 Å². The number of hydrogen-bond donors (Lipinski definition) is 2. The maximum atomic E-state index is 14.6. The number of nitrogens with one attached hydrogen (secondary N) is 1. The number of anilines is 2. The minimum atomic E-state index is -1.75. The van der Waals surface area contributed by atoms with Crippen molar-refractivity contribution in [3.8, 4) is 17.6 Å². The Labute approximate surface area is 232 Å². The predicted octanol–water partition coefficient (Wildman–Crippen LogP) is 2.42. The zero-order chi connectivity index (χ0) is 28.8. The van der Waals surface area contributed by atoms with Crippen LogP contribution in [0.1, 0.15) is 24.8 Å². The third-order valence-electron chi connectivity index (χ3n) is 7.53. The van der Waals surface area contributed by atoms with Gasteiger partial charge in [0.1, 0.15) is 35.3 Å². The molecule has 206 valence electrons. The van der Waals surface area contributed by atoms with Gasteiger partial charge in [0, 0.05) is 49.1 Å². The topological polar surface area (TPSA) is 141 Å². The number of Topliss-reactive ketones (excluding diaryl/α,β-unsaturated/α-hetero) is 1. The quantitative estimate of drug-likeness (QED) is 0.563. The Hall–Kier alpha value is -4.82. The normalized spacial score (nSPS) is 20.1. The number of nitriles is 1. The summed E-state index contributed by atoms with van der Waals surface area (Å²) in [6, 6.07) is 14.1. The molecule has 1 aliphatic carbocycles. The van der Waals surface area contributed by atoms with Crippen molar-refractivity contribution in [2.24, 2.45) is 5.73 Å². The van der Waals surface area contributed by atoms with Gasteiger partial charge in [-0.15, -0.1) is 0 Å². The van der Waals surface area contributed by atoms with Gasteiger partial charge in [0.05, 0.1) is 25.5 Å². The monoisotopic (exact) mass is 542 g/mol. The van der Waals surface area contributed by atoms with Crippen LogP contribution in [0.2, 0.25) is 0 Å². The van der Waals surface area contributed by atoms with Crippen LogP contribution in [0.4, 0.5) is 11.4 Å². The Kier molecular flexibility index (Phi) is 6.73. The van der Waals surface area contributed by atoms with E-state index in [1.807, 2.05) is 0 Å². The number of ether oxygens (including phenoxy) is 2. The van der Waals surface area contributed by atoms with Crippen molar-refractivity contribution in [1.82, 2.24) is 10.0 Å². The van der Waals surface area contributed by atoms with Gasteiger partial charge in [0.25, 0.3) is 0 Å². The number of hydrazine groups is 1. The summed E-state index contributed by atoms with van der Waals surface area (Å²) >= 11 is 0. The number of ketones is 1. The van der Waals surface area contributed by atoms with E-state index in [1.165, 1.54) is 19.1 Å². The van der Waals surface area contributed by atoms with E-state index >= 15 is 0 Å². The molecule has 11 nitrogen and oxygen atoms in total. The second-order valence-electron chi connectivity index (χ2n) is 9.90. The molecule has 0 saturated heterocycles. The maximum absolute atomic E-state index is 14.6. The number of hydrogen-bond acceptors (Lipinski definition) is 9. The molecule has 0 aromatic heterocycles. The molecule has 2 aliphatic heterocycles. The van der Waals surface area contributed by atoms with E-state index in [2.05, 4.69) is 11.4 Å². The predicted molar refractivity (Wildman–Crippen MR) is 147 cm³/mol. The summed E-state index contributed by atoms with van der Waals surface area (Å²) in [7, 11) is 6.51.